The van der Waals surface area contributed by atoms with Crippen molar-refractivity contribution >= 4 is 17.2 Å². The minimum absolute atomic E-state index is 0.404. The summed E-state index contributed by atoms with van der Waals surface area (Å²) in [5.74, 6) is 2.89. The lowest BCUT2D eigenvalue weighted by molar-refractivity contribution is 0.171. The van der Waals surface area contributed by atoms with Gasteiger partial charge in [-0.1, -0.05) is 11.6 Å². The van der Waals surface area contributed by atoms with Gasteiger partial charge in [0.15, 0.2) is 23.0 Å². The van der Waals surface area contributed by atoms with Gasteiger partial charge in [0.1, 0.15) is 24.2 Å². The standard InChI is InChI=1S/C14H11ClN4O2/c1-8-16-12(15)7-13-17-18-14(19(8)13)9-2-3-10-11(6-9)21-5-4-20-10/h2-3,6-7H,4-5H2,1H3. The fourth-order valence-corrected chi connectivity index (χ4v) is 2.64. The summed E-state index contributed by atoms with van der Waals surface area (Å²) in [6.07, 6.45) is 0. The molecule has 21 heavy (non-hydrogen) atoms. The number of rotatable bonds is 1. The smallest absolute Gasteiger partial charge is 0.169 e. The Bertz CT molecular complexity index is 846. The minimum Gasteiger partial charge on any atom is -0.486 e. The van der Waals surface area contributed by atoms with Gasteiger partial charge in [0.25, 0.3) is 0 Å². The van der Waals surface area contributed by atoms with Crippen LogP contribution in [0.25, 0.3) is 17.0 Å². The van der Waals surface area contributed by atoms with Gasteiger partial charge in [-0.2, -0.15) is 0 Å². The van der Waals surface area contributed by atoms with Crippen molar-refractivity contribution < 1.29 is 9.47 Å². The molecule has 7 heteroatoms. The second kappa shape index (κ2) is 4.60. The van der Waals surface area contributed by atoms with Gasteiger partial charge >= 0.3 is 0 Å². The van der Waals surface area contributed by atoms with Crippen LogP contribution in [0.1, 0.15) is 5.82 Å². The molecule has 0 bridgehead atoms. The lowest BCUT2D eigenvalue weighted by Gasteiger charge is -2.18. The SMILES string of the molecule is Cc1nc(Cl)cc2nnc(-c3ccc4c(c3)OCCO4)n12. The summed E-state index contributed by atoms with van der Waals surface area (Å²) in [4.78, 5) is 4.24. The van der Waals surface area contributed by atoms with Gasteiger partial charge in [-0.25, -0.2) is 4.98 Å². The Morgan fingerprint density at radius 2 is 1.90 bits per heavy atom. The van der Waals surface area contributed by atoms with E-state index in [-0.39, 0.29) is 0 Å². The third-order valence-electron chi connectivity index (χ3n) is 3.33. The molecule has 0 spiro atoms. The highest BCUT2D eigenvalue weighted by atomic mass is 35.5. The zero-order chi connectivity index (χ0) is 14.4. The molecule has 106 valence electrons. The van der Waals surface area contributed by atoms with Gasteiger partial charge in [-0.15, -0.1) is 10.2 Å². The molecule has 3 heterocycles. The van der Waals surface area contributed by atoms with E-state index in [1.54, 1.807) is 6.07 Å². The Morgan fingerprint density at radius 1 is 1.10 bits per heavy atom. The molecule has 1 aliphatic rings. The summed E-state index contributed by atoms with van der Waals surface area (Å²) >= 11 is 5.95. The van der Waals surface area contributed by atoms with Gasteiger partial charge in [0, 0.05) is 11.6 Å². The van der Waals surface area contributed by atoms with Crippen molar-refractivity contribution in [3.05, 3.63) is 35.2 Å². The van der Waals surface area contributed by atoms with Crippen molar-refractivity contribution in [1.82, 2.24) is 19.6 Å². The second-order valence-electron chi connectivity index (χ2n) is 4.70. The van der Waals surface area contributed by atoms with Crippen LogP contribution in [0, 0.1) is 6.92 Å². The largest absolute Gasteiger partial charge is 0.486 e. The number of aryl methyl sites for hydroxylation is 1. The van der Waals surface area contributed by atoms with Crippen molar-refractivity contribution in [2.45, 2.75) is 6.92 Å². The number of benzene rings is 1. The summed E-state index contributed by atoms with van der Waals surface area (Å²) in [7, 11) is 0. The molecule has 1 aromatic carbocycles. The molecule has 0 saturated carbocycles. The van der Waals surface area contributed by atoms with Crippen molar-refractivity contribution in [2.75, 3.05) is 13.2 Å². The van der Waals surface area contributed by atoms with Gasteiger partial charge in [0.05, 0.1) is 0 Å². The number of nitrogens with zero attached hydrogens (tertiary/aromatic N) is 4. The van der Waals surface area contributed by atoms with Crippen LogP contribution in [-0.2, 0) is 0 Å². The summed E-state index contributed by atoms with van der Waals surface area (Å²) in [5.41, 5.74) is 1.55. The van der Waals surface area contributed by atoms with Gasteiger partial charge in [0.2, 0.25) is 0 Å². The molecule has 2 aromatic heterocycles. The summed E-state index contributed by atoms with van der Waals surface area (Å²) in [6, 6.07) is 7.39. The monoisotopic (exact) mass is 302 g/mol. The fraction of sp³-hybridized carbons (Fsp3) is 0.214. The molecular formula is C14H11ClN4O2. The molecule has 1 aliphatic heterocycles. The Hall–Kier alpha value is -2.34. The van der Waals surface area contributed by atoms with E-state index in [0.717, 1.165) is 22.9 Å². The molecule has 0 fully saturated rings. The molecule has 0 atom stereocenters. The Balaban J connectivity index is 1.90. The Labute approximate surface area is 125 Å². The van der Waals surface area contributed by atoms with Crippen molar-refractivity contribution in [1.29, 1.82) is 0 Å². The first kappa shape index (κ1) is 12.4. The molecular weight excluding hydrogens is 292 g/mol. The predicted octanol–water partition coefficient (Wildman–Crippen LogP) is 2.52. The normalized spacial score (nSPS) is 13.6. The number of fused-ring (bicyclic) bond motifs is 2. The fourth-order valence-electron chi connectivity index (χ4n) is 2.42. The average molecular weight is 303 g/mol. The molecule has 3 aromatic rings. The van der Waals surface area contributed by atoms with E-state index >= 15 is 0 Å². The van der Waals surface area contributed by atoms with Crippen LogP contribution in [0.15, 0.2) is 24.3 Å². The number of halogens is 1. The molecule has 0 amide bonds. The number of hydrogen-bond donors (Lipinski definition) is 0. The van der Waals surface area contributed by atoms with Gasteiger partial charge < -0.3 is 9.47 Å². The molecule has 0 aliphatic carbocycles. The summed E-state index contributed by atoms with van der Waals surface area (Å²) in [5, 5.41) is 8.78. The zero-order valence-electron chi connectivity index (χ0n) is 11.2. The van der Waals surface area contributed by atoms with Crippen molar-refractivity contribution in [3.63, 3.8) is 0 Å². The second-order valence-corrected chi connectivity index (χ2v) is 5.09. The number of ether oxygens (including phenoxy) is 2. The number of hydrogen-bond acceptors (Lipinski definition) is 5. The first-order chi connectivity index (χ1) is 10.2. The maximum atomic E-state index is 5.95. The van der Waals surface area contributed by atoms with Crippen LogP contribution in [0.5, 0.6) is 11.5 Å². The predicted molar refractivity (Wildman–Crippen MR) is 77.0 cm³/mol. The lowest BCUT2D eigenvalue weighted by atomic mass is 10.2. The molecule has 0 saturated heterocycles. The molecule has 4 rings (SSSR count). The number of aromatic nitrogens is 4. The zero-order valence-corrected chi connectivity index (χ0v) is 12.0. The van der Waals surface area contributed by atoms with E-state index in [9.17, 15) is 0 Å². The van der Waals surface area contributed by atoms with E-state index in [4.69, 9.17) is 21.1 Å². The van der Waals surface area contributed by atoms with E-state index in [0.29, 0.717) is 29.8 Å². The third kappa shape index (κ3) is 1.99. The van der Waals surface area contributed by atoms with Gasteiger partial charge in [-0.3, -0.25) is 4.40 Å². The van der Waals surface area contributed by atoms with Crippen LogP contribution in [-0.4, -0.2) is 32.8 Å². The summed E-state index contributed by atoms with van der Waals surface area (Å²) in [6.45, 7) is 2.98. The van der Waals surface area contributed by atoms with E-state index in [2.05, 4.69) is 15.2 Å². The highest BCUT2D eigenvalue weighted by Crippen LogP contribution is 2.34. The molecule has 6 nitrogen and oxygen atoms in total. The topological polar surface area (TPSA) is 61.5 Å². The Morgan fingerprint density at radius 3 is 2.76 bits per heavy atom. The first-order valence-corrected chi connectivity index (χ1v) is 6.88. The molecule has 0 unspecified atom stereocenters. The van der Waals surface area contributed by atoms with Crippen LogP contribution in [0.2, 0.25) is 5.15 Å². The van der Waals surface area contributed by atoms with Crippen LogP contribution < -0.4 is 9.47 Å². The summed E-state index contributed by atoms with van der Waals surface area (Å²) < 4.78 is 13.0. The molecule has 0 radical (unpaired) electrons. The highest BCUT2D eigenvalue weighted by molar-refractivity contribution is 6.29. The maximum Gasteiger partial charge on any atom is 0.169 e. The third-order valence-corrected chi connectivity index (χ3v) is 3.52. The molecule has 0 N–H and O–H groups in total. The lowest BCUT2D eigenvalue weighted by Crippen LogP contribution is -2.15. The van der Waals surface area contributed by atoms with E-state index in [1.807, 2.05) is 29.5 Å². The van der Waals surface area contributed by atoms with Crippen LogP contribution in [0.3, 0.4) is 0 Å². The quantitative estimate of drug-likeness (QED) is 0.646. The van der Waals surface area contributed by atoms with Crippen molar-refractivity contribution in [2.24, 2.45) is 0 Å². The Kier molecular flexibility index (Phi) is 2.71. The minimum atomic E-state index is 0.404. The highest BCUT2D eigenvalue weighted by Gasteiger charge is 2.16. The maximum absolute atomic E-state index is 5.95. The van der Waals surface area contributed by atoms with Crippen LogP contribution in [0.4, 0.5) is 0 Å². The van der Waals surface area contributed by atoms with Crippen LogP contribution >= 0.6 is 11.6 Å². The van der Waals surface area contributed by atoms with Gasteiger partial charge in [-0.05, 0) is 25.1 Å². The average Bonchev–Trinajstić information content (AvgIpc) is 2.90. The van der Waals surface area contributed by atoms with Crippen molar-refractivity contribution in [3.8, 4) is 22.9 Å². The first-order valence-electron chi connectivity index (χ1n) is 6.51. The van der Waals surface area contributed by atoms with E-state index < -0.39 is 0 Å². The van der Waals surface area contributed by atoms with E-state index in [1.165, 1.54) is 0 Å².